The van der Waals surface area contributed by atoms with Gasteiger partial charge in [-0.3, -0.25) is 9.59 Å². The van der Waals surface area contributed by atoms with Gasteiger partial charge in [-0.2, -0.15) is 9.41 Å². The van der Waals surface area contributed by atoms with Gasteiger partial charge in [-0.15, -0.1) is 0 Å². The highest BCUT2D eigenvalue weighted by molar-refractivity contribution is 7.89. The Balaban J connectivity index is 1.28. The zero-order valence-electron chi connectivity index (χ0n) is 19.1. The number of hydrogen-bond acceptors (Lipinski definition) is 6. The topological polar surface area (TPSA) is 111 Å². The van der Waals surface area contributed by atoms with Crippen LogP contribution in [0.15, 0.2) is 58.5 Å². The average molecular weight is 485 g/mol. The zero-order chi connectivity index (χ0) is 24.3. The normalized spacial score (nSPS) is 17.0. The molecule has 1 saturated heterocycles. The second-order valence-electron chi connectivity index (χ2n) is 8.44. The van der Waals surface area contributed by atoms with E-state index in [1.54, 1.807) is 17.9 Å². The minimum absolute atomic E-state index is 0.0525. The minimum Gasteiger partial charge on any atom is -0.507 e. The van der Waals surface area contributed by atoms with E-state index in [0.717, 1.165) is 16.8 Å². The number of amides is 2. The van der Waals surface area contributed by atoms with Crippen molar-refractivity contribution in [1.82, 2.24) is 14.2 Å². The molecule has 4 rings (SSSR count). The second kappa shape index (κ2) is 9.94. The Kier molecular flexibility index (Phi) is 6.99. The summed E-state index contributed by atoms with van der Waals surface area (Å²) in [6.45, 7) is 2.99. The smallest absolute Gasteiger partial charge is 0.246 e. The highest BCUT2D eigenvalue weighted by Gasteiger charge is 2.32. The van der Waals surface area contributed by atoms with E-state index in [1.165, 1.54) is 21.4 Å². The van der Waals surface area contributed by atoms with Gasteiger partial charge in [0.1, 0.15) is 10.6 Å². The van der Waals surface area contributed by atoms with E-state index < -0.39 is 10.0 Å². The molecule has 2 aliphatic heterocycles. The van der Waals surface area contributed by atoms with E-state index in [0.29, 0.717) is 13.0 Å². The van der Waals surface area contributed by atoms with Crippen LogP contribution in [0, 0.1) is 6.92 Å². The molecular weight excluding hydrogens is 456 g/mol. The van der Waals surface area contributed by atoms with Crippen LogP contribution in [-0.2, 0) is 19.6 Å². The summed E-state index contributed by atoms with van der Waals surface area (Å²) in [6, 6.07) is 14.1. The molecule has 0 unspecified atom stereocenters. The maximum Gasteiger partial charge on any atom is 0.246 e. The van der Waals surface area contributed by atoms with Gasteiger partial charge < -0.3 is 10.0 Å². The van der Waals surface area contributed by atoms with Gasteiger partial charge in [0.15, 0.2) is 0 Å². The summed E-state index contributed by atoms with van der Waals surface area (Å²) in [6.07, 6.45) is 0.785. The molecule has 0 radical (unpaired) electrons. The highest BCUT2D eigenvalue weighted by atomic mass is 32.2. The molecule has 2 aromatic carbocycles. The molecule has 34 heavy (non-hydrogen) atoms. The van der Waals surface area contributed by atoms with Gasteiger partial charge in [0.05, 0.1) is 12.3 Å². The molecule has 9 nitrogen and oxygen atoms in total. The Labute approximate surface area is 199 Å². The quantitative estimate of drug-likeness (QED) is 0.674. The van der Waals surface area contributed by atoms with Gasteiger partial charge >= 0.3 is 0 Å². The van der Waals surface area contributed by atoms with Crippen LogP contribution in [0.5, 0.6) is 5.75 Å². The van der Waals surface area contributed by atoms with E-state index in [4.69, 9.17) is 0 Å². The van der Waals surface area contributed by atoms with Crippen LogP contribution < -0.4 is 0 Å². The minimum atomic E-state index is -3.86. The van der Waals surface area contributed by atoms with E-state index in [2.05, 4.69) is 5.10 Å². The van der Waals surface area contributed by atoms with Crippen molar-refractivity contribution in [2.45, 2.75) is 31.1 Å². The van der Waals surface area contributed by atoms with Crippen molar-refractivity contribution in [3.63, 3.8) is 0 Å². The first kappa shape index (κ1) is 23.9. The van der Waals surface area contributed by atoms with E-state index in [-0.39, 0.29) is 61.5 Å². The number of nitrogens with zero attached hydrogens (tertiary/aromatic N) is 4. The lowest BCUT2D eigenvalue weighted by Gasteiger charge is -2.34. The molecular formula is C24H28N4O5S. The number of aromatic hydroxyl groups is 1. The molecule has 10 heteroatoms. The summed E-state index contributed by atoms with van der Waals surface area (Å²) >= 11 is 0. The predicted molar refractivity (Wildman–Crippen MR) is 127 cm³/mol. The first-order chi connectivity index (χ1) is 16.3. The number of phenolic OH excluding ortho intramolecular Hbond substituents is 1. The number of piperazine rings is 1. The van der Waals surface area contributed by atoms with Crippen LogP contribution in [0.25, 0.3) is 0 Å². The number of rotatable bonds is 6. The van der Waals surface area contributed by atoms with Crippen LogP contribution >= 0.6 is 0 Å². The van der Waals surface area contributed by atoms with Crippen molar-refractivity contribution in [3.05, 3.63) is 59.7 Å². The second-order valence-corrected chi connectivity index (χ2v) is 10.3. The van der Waals surface area contributed by atoms with Crippen molar-refractivity contribution in [2.75, 3.05) is 32.7 Å². The van der Waals surface area contributed by atoms with Gasteiger partial charge in [-0.05, 0) is 30.2 Å². The lowest BCUT2D eigenvalue weighted by molar-refractivity contribution is -0.137. The monoisotopic (exact) mass is 484 g/mol. The molecule has 2 aromatic rings. The first-order valence-electron chi connectivity index (χ1n) is 11.3. The molecule has 0 aliphatic carbocycles. The fourth-order valence-corrected chi connectivity index (χ4v) is 5.71. The fraction of sp³-hybridized carbons (Fsp3) is 0.375. The van der Waals surface area contributed by atoms with E-state index >= 15 is 0 Å². The lowest BCUT2D eigenvalue weighted by Crippen LogP contribution is -2.50. The highest BCUT2D eigenvalue weighted by Crippen LogP contribution is 2.27. The molecule has 2 amide bonds. The van der Waals surface area contributed by atoms with Crippen molar-refractivity contribution < 1.29 is 23.1 Å². The standard InChI is InChI=1S/C24H28N4O5S/c1-18-7-8-21(29)22(17-18)34(32,33)27-15-13-26(14-16-27)23(30)9-10-24(31)28-12-11-20(25-28)19-5-3-2-4-6-19/h2-8,17,29H,9-16H2,1H3. The number of benzene rings is 2. The SMILES string of the molecule is Cc1ccc(O)c(S(=O)(=O)N2CCN(C(=O)CCC(=O)N3CCC(c4ccccc4)=N3)CC2)c1. The van der Waals surface area contributed by atoms with E-state index in [1.807, 2.05) is 30.3 Å². The third-order valence-electron chi connectivity index (χ3n) is 6.07. The third kappa shape index (κ3) is 5.13. The average Bonchev–Trinajstić information content (AvgIpc) is 3.35. The first-order valence-corrected chi connectivity index (χ1v) is 12.7. The van der Waals surface area contributed by atoms with Gasteiger partial charge in [0.2, 0.25) is 21.8 Å². The van der Waals surface area contributed by atoms with Crippen molar-refractivity contribution in [2.24, 2.45) is 5.10 Å². The Morgan fingerprint density at radius 2 is 1.62 bits per heavy atom. The Hall–Kier alpha value is -3.24. The van der Waals surface area contributed by atoms with Gasteiger partial charge in [-0.25, -0.2) is 13.4 Å². The van der Waals surface area contributed by atoms with Crippen molar-refractivity contribution in [3.8, 4) is 5.75 Å². The number of hydrogen-bond donors (Lipinski definition) is 1. The van der Waals surface area contributed by atoms with Crippen LogP contribution in [0.2, 0.25) is 0 Å². The summed E-state index contributed by atoms with van der Waals surface area (Å²) in [5, 5.41) is 15.9. The van der Waals surface area contributed by atoms with Gasteiger partial charge in [-0.1, -0.05) is 36.4 Å². The number of carbonyl (C=O) groups excluding carboxylic acids is 2. The maximum atomic E-state index is 12.9. The summed E-state index contributed by atoms with van der Waals surface area (Å²) < 4.78 is 27.1. The molecule has 0 aromatic heterocycles. The number of carbonyl (C=O) groups is 2. The van der Waals surface area contributed by atoms with Crippen LogP contribution in [0.4, 0.5) is 0 Å². The Bertz CT molecular complexity index is 1210. The zero-order valence-corrected chi connectivity index (χ0v) is 19.9. The predicted octanol–water partition coefficient (Wildman–Crippen LogP) is 1.95. The van der Waals surface area contributed by atoms with Crippen molar-refractivity contribution >= 4 is 27.5 Å². The third-order valence-corrected chi connectivity index (χ3v) is 8.00. The maximum absolute atomic E-state index is 12.9. The van der Waals surface area contributed by atoms with Gasteiger partial charge in [0, 0.05) is 45.4 Å². The van der Waals surface area contributed by atoms with Crippen LogP contribution in [0.3, 0.4) is 0 Å². The summed E-state index contributed by atoms with van der Waals surface area (Å²) in [5.41, 5.74) is 2.58. The van der Waals surface area contributed by atoms with Crippen LogP contribution in [-0.4, -0.2) is 78.0 Å². The lowest BCUT2D eigenvalue weighted by atomic mass is 10.1. The molecule has 2 heterocycles. The number of hydrazone groups is 1. The molecule has 1 N–H and O–H groups in total. The van der Waals surface area contributed by atoms with Crippen molar-refractivity contribution in [1.29, 1.82) is 0 Å². The van der Waals surface area contributed by atoms with Crippen LogP contribution in [0.1, 0.15) is 30.4 Å². The fourth-order valence-electron chi connectivity index (χ4n) is 4.12. The molecule has 0 saturated carbocycles. The molecule has 0 atom stereocenters. The van der Waals surface area contributed by atoms with Gasteiger partial charge in [0.25, 0.3) is 0 Å². The molecule has 0 bridgehead atoms. The number of sulfonamides is 1. The Morgan fingerprint density at radius 1 is 0.941 bits per heavy atom. The number of aryl methyl sites for hydroxylation is 1. The summed E-state index contributed by atoms with van der Waals surface area (Å²) in [5.74, 6) is -0.673. The largest absolute Gasteiger partial charge is 0.507 e. The van der Waals surface area contributed by atoms with E-state index in [9.17, 15) is 23.1 Å². The number of phenols is 1. The molecule has 2 aliphatic rings. The molecule has 0 spiro atoms. The molecule has 180 valence electrons. The molecule has 1 fully saturated rings. The summed E-state index contributed by atoms with van der Waals surface area (Å²) in [4.78, 5) is 26.6. The Morgan fingerprint density at radius 3 is 2.32 bits per heavy atom. The summed E-state index contributed by atoms with van der Waals surface area (Å²) in [7, 11) is -3.86.